The van der Waals surface area contributed by atoms with Crippen LogP contribution < -0.4 is 0 Å². The van der Waals surface area contributed by atoms with Crippen LogP contribution in [0.3, 0.4) is 0 Å². The van der Waals surface area contributed by atoms with E-state index in [9.17, 15) is 4.79 Å². The monoisotopic (exact) mass is 371 g/mol. The van der Waals surface area contributed by atoms with Crippen molar-refractivity contribution in [3.05, 3.63) is 71.8 Å². The summed E-state index contributed by atoms with van der Waals surface area (Å²) in [5, 5.41) is 0. The Balaban J connectivity index is 1.25. The van der Waals surface area contributed by atoms with Crippen molar-refractivity contribution in [1.82, 2.24) is 24.8 Å². The van der Waals surface area contributed by atoms with Crippen molar-refractivity contribution in [2.75, 3.05) is 6.54 Å². The number of aryl methyl sites for hydroxylation is 1. The number of nitrogens with zero attached hydrogens (tertiary/aromatic N) is 3. The number of benzene rings is 2. The van der Waals surface area contributed by atoms with Gasteiger partial charge in [0.05, 0.1) is 29.0 Å². The lowest BCUT2D eigenvalue weighted by Gasteiger charge is -2.26. The molecule has 0 bridgehead atoms. The number of amides is 1. The van der Waals surface area contributed by atoms with Gasteiger partial charge in [-0.2, -0.15) is 0 Å². The van der Waals surface area contributed by atoms with Crippen LogP contribution in [-0.4, -0.2) is 37.3 Å². The molecule has 0 saturated heterocycles. The average Bonchev–Trinajstić information content (AvgIpc) is 3.35. The molecule has 0 fully saturated rings. The molecule has 140 valence electrons. The predicted molar refractivity (Wildman–Crippen MR) is 108 cm³/mol. The topological polar surface area (TPSA) is 77.7 Å². The lowest BCUT2D eigenvalue weighted by molar-refractivity contribution is -0.132. The molecule has 0 saturated carbocycles. The number of H-pyrrole nitrogens is 2. The van der Waals surface area contributed by atoms with Gasteiger partial charge >= 0.3 is 0 Å². The largest absolute Gasteiger partial charge is 0.342 e. The number of imidazole rings is 2. The maximum atomic E-state index is 12.7. The molecule has 28 heavy (non-hydrogen) atoms. The molecule has 0 aliphatic carbocycles. The van der Waals surface area contributed by atoms with Gasteiger partial charge in [0.2, 0.25) is 5.91 Å². The molecule has 4 aromatic rings. The quantitative estimate of drug-likeness (QED) is 0.577. The fourth-order valence-electron chi connectivity index (χ4n) is 3.75. The summed E-state index contributed by atoms with van der Waals surface area (Å²) in [4.78, 5) is 30.6. The zero-order chi connectivity index (χ0) is 18.9. The average molecular weight is 371 g/mol. The summed E-state index contributed by atoms with van der Waals surface area (Å²) < 4.78 is 0. The summed E-state index contributed by atoms with van der Waals surface area (Å²) in [6, 6.07) is 18.0. The number of para-hydroxylation sites is 2. The van der Waals surface area contributed by atoms with Crippen LogP contribution in [0.1, 0.15) is 23.6 Å². The van der Waals surface area contributed by atoms with Gasteiger partial charge in [-0.15, -0.1) is 0 Å². The molecule has 0 unspecified atom stereocenters. The number of fused-ring (bicyclic) bond motifs is 2. The van der Waals surface area contributed by atoms with Gasteiger partial charge in [-0.3, -0.25) is 4.79 Å². The van der Waals surface area contributed by atoms with Gasteiger partial charge in [-0.1, -0.05) is 42.5 Å². The van der Waals surface area contributed by atoms with Crippen LogP contribution in [0.25, 0.3) is 22.4 Å². The van der Waals surface area contributed by atoms with E-state index in [0.717, 1.165) is 46.1 Å². The summed E-state index contributed by atoms with van der Waals surface area (Å²) >= 11 is 0. The van der Waals surface area contributed by atoms with Crippen molar-refractivity contribution in [3.8, 4) is 11.4 Å². The molecular formula is C22H21N5O. The van der Waals surface area contributed by atoms with Gasteiger partial charge in [0.1, 0.15) is 11.6 Å². The number of aromatic amines is 2. The Morgan fingerprint density at radius 3 is 2.68 bits per heavy atom. The zero-order valence-corrected chi connectivity index (χ0v) is 15.5. The van der Waals surface area contributed by atoms with Crippen molar-refractivity contribution in [1.29, 1.82) is 0 Å². The maximum Gasteiger partial charge on any atom is 0.223 e. The molecule has 1 aliphatic heterocycles. The van der Waals surface area contributed by atoms with Crippen LogP contribution in [0.15, 0.2) is 54.6 Å². The highest BCUT2D eigenvalue weighted by atomic mass is 16.2. The van der Waals surface area contributed by atoms with Crippen molar-refractivity contribution in [2.45, 2.75) is 25.8 Å². The third kappa shape index (κ3) is 3.17. The first-order chi connectivity index (χ1) is 13.8. The van der Waals surface area contributed by atoms with E-state index < -0.39 is 0 Å². The minimum Gasteiger partial charge on any atom is -0.342 e. The predicted octanol–water partition coefficient (Wildman–Crippen LogP) is 3.47. The zero-order valence-electron chi connectivity index (χ0n) is 15.5. The van der Waals surface area contributed by atoms with Gasteiger partial charge in [-0.05, 0) is 12.1 Å². The van der Waals surface area contributed by atoms with E-state index in [1.54, 1.807) is 0 Å². The van der Waals surface area contributed by atoms with Crippen LogP contribution in [0.5, 0.6) is 0 Å². The van der Waals surface area contributed by atoms with E-state index in [0.29, 0.717) is 25.9 Å². The minimum absolute atomic E-state index is 0.155. The second-order valence-electron chi connectivity index (χ2n) is 7.14. The lowest BCUT2D eigenvalue weighted by atomic mass is 10.1. The number of aromatic nitrogens is 4. The molecule has 1 aliphatic rings. The van der Waals surface area contributed by atoms with Crippen molar-refractivity contribution in [2.24, 2.45) is 0 Å². The Hall–Kier alpha value is -3.41. The Bertz CT molecular complexity index is 1100. The number of hydrogen-bond acceptors (Lipinski definition) is 3. The highest BCUT2D eigenvalue weighted by Crippen LogP contribution is 2.23. The Morgan fingerprint density at radius 2 is 1.82 bits per heavy atom. The molecule has 2 aromatic carbocycles. The molecule has 0 radical (unpaired) electrons. The molecule has 3 heterocycles. The summed E-state index contributed by atoms with van der Waals surface area (Å²) in [6.07, 6.45) is 1.86. The lowest BCUT2D eigenvalue weighted by Crippen LogP contribution is -2.36. The summed E-state index contributed by atoms with van der Waals surface area (Å²) in [6.45, 7) is 1.30. The van der Waals surface area contributed by atoms with Gasteiger partial charge in [-0.25, -0.2) is 9.97 Å². The van der Waals surface area contributed by atoms with Crippen LogP contribution >= 0.6 is 0 Å². The number of hydrogen-bond donors (Lipinski definition) is 2. The number of nitrogens with one attached hydrogen (secondary N) is 2. The van der Waals surface area contributed by atoms with E-state index in [2.05, 4.69) is 15.0 Å². The van der Waals surface area contributed by atoms with Gasteiger partial charge in [0.25, 0.3) is 0 Å². The van der Waals surface area contributed by atoms with Crippen LogP contribution in [0.4, 0.5) is 0 Å². The van der Waals surface area contributed by atoms with Gasteiger partial charge in [0.15, 0.2) is 0 Å². The Kier molecular flexibility index (Phi) is 4.16. The smallest absolute Gasteiger partial charge is 0.223 e. The van der Waals surface area contributed by atoms with E-state index in [4.69, 9.17) is 4.98 Å². The number of carbonyl (C=O) groups excluding carboxylic acids is 1. The molecular weight excluding hydrogens is 350 g/mol. The Labute approximate surface area is 162 Å². The van der Waals surface area contributed by atoms with Crippen molar-refractivity contribution >= 4 is 16.9 Å². The number of rotatable bonds is 4. The normalized spacial score (nSPS) is 13.6. The minimum atomic E-state index is 0.155. The summed E-state index contributed by atoms with van der Waals surface area (Å²) in [5.41, 5.74) is 5.14. The van der Waals surface area contributed by atoms with E-state index in [-0.39, 0.29) is 5.91 Å². The summed E-state index contributed by atoms with van der Waals surface area (Å²) in [5.74, 6) is 1.89. The van der Waals surface area contributed by atoms with E-state index in [1.165, 1.54) is 0 Å². The van der Waals surface area contributed by atoms with Gasteiger partial charge in [0, 0.05) is 31.4 Å². The van der Waals surface area contributed by atoms with Crippen LogP contribution in [0, 0.1) is 0 Å². The molecule has 5 rings (SSSR count). The molecule has 1 amide bonds. The highest BCUT2D eigenvalue weighted by molar-refractivity contribution is 5.77. The Morgan fingerprint density at radius 1 is 1.00 bits per heavy atom. The molecule has 0 atom stereocenters. The van der Waals surface area contributed by atoms with Crippen LogP contribution in [-0.2, 0) is 24.2 Å². The van der Waals surface area contributed by atoms with Crippen LogP contribution in [0.2, 0.25) is 0 Å². The van der Waals surface area contributed by atoms with Crippen molar-refractivity contribution in [3.63, 3.8) is 0 Å². The second kappa shape index (κ2) is 6.96. The highest BCUT2D eigenvalue weighted by Gasteiger charge is 2.24. The standard InChI is InChI=1S/C22H21N5O/c28-21(11-10-20-23-16-8-4-5-9-17(16)24-20)27-13-12-18-19(14-27)26-22(25-18)15-6-2-1-3-7-15/h1-9H,10-14H2,(H,23,24)(H,25,26). The van der Waals surface area contributed by atoms with Gasteiger partial charge < -0.3 is 14.9 Å². The first-order valence-electron chi connectivity index (χ1n) is 9.61. The first kappa shape index (κ1) is 16.7. The SMILES string of the molecule is O=C(CCc1nc2ccccc2[nH]1)N1CCc2nc(-c3ccccc3)[nH]c2C1. The third-order valence-corrected chi connectivity index (χ3v) is 5.25. The second-order valence-corrected chi connectivity index (χ2v) is 7.14. The third-order valence-electron chi connectivity index (χ3n) is 5.25. The molecule has 6 heteroatoms. The fraction of sp³-hybridized carbons (Fsp3) is 0.227. The van der Waals surface area contributed by atoms with E-state index in [1.807, 2.05) is 59.5 Å². The van der Waals surface area contributed by atoms with Crippen molar-refractivity contribution < 1.29 is 4.79 Å². The fourth-order valence-corrected chi connectivity index (χ4v) is 3.75. The molecule has 2 aromatic heterocycles. The molecule has 6 nitrogen and oxygen atoms in total. The maximum absolute atomic E-state index is 12.7. The molecule has 2 N–H and O–H groups in total. The summed E-state index contributed by atoms with van der Waals surface area (Å²) in [7, 11) is 0. The number of carbonyl (C=O) groups is 1. The molecule has 0 spiro atoms. The first-order valence-corrected chi connectivity index (χ1v) is 9.61. The van der Waals surface area contributed by atoms with E-state index >= 15 is 0 Å².